The summed E-state index contributed by atoms with van der Waals surface area (Å²) < 4.78 is 1.78. The summed E-state index contributed by atoms with van der Waals surface area (Å²) in [5, 5.41) is 27.5. The van der Waals surface area contributed by atoms with E-state index in [1.807, 2.05) is 38.4 Å². The lowest BCUT2D eigenvalue weighted by Gasteiger charge is -2.48. The molecule has 0 unspecified atom stereocenters. The van der Waals surface area contributed by atoms with E-state index in [9.17, 15) is 5.11 Å². The Balaban J connectivity index is 1.37. The van der Waals surface area contributed by atoms with Gasteiger partial charge in [-0.25, -0.2) is 9.97 Å². The predicted molar refractivity (Wildman–Crippen MR) is 137 cm³/mol. The van der Waals surface area contributed by atoms with Crippen molar-refractivity contribution >= 4 is 17.0 Å². The number of fused-ring (bicyclic) bond motifs is 1. The van der Waals surface area contributed by atoms with Crippen LogP contribution in [0.2, 0.25) is 0 Å². The summed E-state index contributed by atoms with van der Waals surface area (Å²) in [4.78, 5) is 11.4. The summed E-state index contributed by atoms with van der Waals surface area (Å²) in [6.07, 6.45) is 5.38. The highest BCUT2D eigenvalue weighted by atomic mass is 16.3. The van der Waals surface area contributed by atoms with Crippen LogP contribution in [0.4, 0.5) is 5.95 Å². The second-order valence-corrected chi connectivity index (χ2v) is 10.8. The van der Waals surface area contributed by atoms with E-state index < -0.39 is 0 Å². The third-order valence-electron chi connectivity index (χ3n) is 6.76. The van der Waals surface area contributed by atoms with Crippen LogP contribution in [-0.2, 0) is 7.05 Å². The highest BCUT2D eigenvalue weighted by molar-refractivity contribution is 5.79. The molecule has 1 aromatic carbocycles. The first-order valence-electron chi connectivity index (χ1n) is 11.9. The molecule has 1 aliphatic heterocycles. The molecule has 0 spiro atoms. The molecule has 0 saturated carbocycles. The minimum Gasteiger partial charge on any atom is -0.507 e. The number of aromatic hydroxyl groups is 1. The summed E-state index contributed by atoms with van der Waals surface area (Å²) in [7, 11) is 3.91. The number of anilines is 1. The third kappa shape index (κ3) is 4.55. The van der Waals surface area contributed by atoms with Crippen LogP contribution >= 0.6 is 0 Å². The normalized spacial score (nSPS) is 17.5. The molecule has 9 heteroatoms. The topological polar surface area (TPSA) is 105 Å². The molecule has 0 amide bonds. The fourth-order valence-corrected chi connectivity index (χ4v) is 5.37. The van der Waals surface area contributed by atoms with Gasteiger partial charge in [0.2, 0.25) is 5.95 Å². The maximum absolute atomic E-state index is 10.8. The van der Waals surface area contributed by atoms with Crippen LogP contribution in [-0.4, -0.2) is 59.2 Å². The van der Waals surface area contributed by atoms with E-state index >= 15 is 0 Å². The quantitative estimate of drug-likeness (QED) is 0.460. The van der Waals surface area contributed by atoms with E-state index in [1.54, 1.807) is 23.1 Å². The first kappa shape index (κ1) is 23.2. The van der Waals surface area contributed by atoms with Crippen molar-refractivity contribution in [3.05, 3.63) is 42.7 Å². The smallest absolute Gasteiger partial charge is 0.245 e. The number of nitrogens with zero attached hydrogens (tertiary/aromatic N) is 7. The molecule has 3 aromatic heterocycles. The number of hydrogen-bond donors (Lipinski definition) is 2. The molecule has 1 saturated heterocycles. The Bertz CT molecular complexity index is 1360. The van der Waals surface area contributed by atoms with E-state index in [1.165, 1.54) is 0 Å². The number of hydrogen-bond acceptors (Lipinski definition) is 8. The second kappa shape index (κ2) is 8.27. The molecule has 1 fully saturated rings. The van der Waals surface area contributed by atoms with Gasteiger partial charge < -0.3 is 15.3 Å². The highest BCUT2D eigenvalue weighted by Crippen LogP contribution is 2.34. The average Bonchev–Trinajstić information content (AvgIpc) is 3.17. The lowest BCUT2D eigenvalue weighted by atomic mass is 9.79. The van der Waals surface area contributed by atoms with Crippen LogP contribution < -0.4 is 10.2 Å². The Morgan fingerprint density at radius 2 is 1.74 bits per heavy atom. The minimum absolute atomic E-state index is 0.0258. The maximum Gasteiger partial charge on any atom is 0.245 e. The van der Waals surface area contributed by atoms with Gasteiger partial charge in [-0.2, -0.15) is 5.10 Å². The molecule has 5 rings (SSSR count). The standard InChI is InChI=1S/C26H32N8O/c1-25(2)12-17(13-26(3,4)32-25)33(5)24-27-14-20(30-31-24)18-8-7-16(11-23(18)35)19-9-10-22-21(29-19)15-28-34(22)6/h7-11,14-15,17,32,35H,12-13H2,1-6H3. The van der Waals surface area contributed by atoms with Gasteiger partial charge in [0.25, 0.3) is 0 Å². The van der Waals surface area contributed by atoms with Crippen LogP contribution in [0.1, 0.15) is 40.5 Å². The Morgan fingerprint density at radius 3 is 2.40 bits per heavy atom. The van der Waals surface area contributed by atoms with Gasteiger partial charge in [0.1, 0.15) is 17.0 Å². The molecular formula is C26H32N8O. The molecule has 0 bridgehead atoms. The zero-order valence-electron chi connectivity index (χ0n) is 21.1. The zero-order chi connectivity index (χ0) is 25.0. The van der Waals surface area contributed by atoms with E-state index in [0.717, 1.165) is 35.1 Å². The van der Waals surface area contributed by atoms with Crippen molar-refractivity contribution in [2.75, 3.05) is 11.9 Å². The summed E-state index contributed by atoms with van der Waals surface area (Å²) in [5.41, 5.74) is 4.49. The highest BCUT2D eigenvalue weighted by Gasteiger charge is 2.39. The van der Waals surface area contributed by atoms with E-state index in [4.69, 9.17) is 0 Å². The van der Waals surface area contributed by atoms with Gasteiger partial charge in [-0.05, 0) is 64.8 Å². The third-order valence-corrected chi connectivity index (χ3v) is 6.76. The first-order chi connectivity index (χ1) is 16.5. The van der Waals surface area contributed by atoms with E-state index in [0.29, 0.717) is 23.2 Å². The molecular weight excluding hydrogens is 440 g/mol. The summed E-state index contributed by atoms with van der Waals surface area (Å²) in [6, 6.07) is 9.64. The monoisotopic (exact) mass is 472 g/mol. The van der Waals surface area contributed by atoms with Crippen LogP contribution in [0.25, 0.3) is 33.5 Å². The van der Waals surface area contributed by atoms with E-state index in [-0.39, 0.29) is 16.8 Å². The molecule has 0 aliphatic carbocycles. The van der Waals surface area contributed by atoms with Crippen molar-refractivity contribution in [3.63, 3.8) is 0 Å². The SMILES string of the molecule is CN(c1ncc(-c2ccc(-c3ccc4c(cnn4C)n3)cc2O)nn1)C1CC(C)(C)NC(C)(C)C1. The van der Waals surface area contributed by atoms with Crippen molar-refractivity contribution in [2.45, 2.75) is 57.7 Å². The van der Waals surface area contributed by atoms with Crippen LogP contribution in [0.15, 0.2) is 42.7 Å². The van der Waals surface area contributed by atoms with E-state index in [2.05, 4.69) is 63.2 Å². The Labute approximate surface area is 205 Å². The van der Waals surface area contributed by atoms with Crippen LogP contribution in [0.3, 0.4) is 0 Å². The zero-order valence-corrected chi connectivity index (χ0v) is 21.1. The fourth-order valence-electron chi connectivity index (χ4n) is 5.37. The Kier molecular flexibility index (Phi) is 5.47. The van der Waals surface area contributed by atoms with Crippen molar-refractivity contribution in [1.82, 2.24) is 35.3 Å². The lowest BCUT2D eigenvalue weighted by Crippen LogP contribution is -2.62. The number of piperidine rings is 1. The number of aromatic nitrogens is 6. The molecule has 1 aliphatic rings. The molecule has 0 atom stereocenters. The number of aryl methyl sites for hydroxylation is 1. The second-order valence-electron chi connectivity index (χ2n) is 10.8. The lowest BCUT2D eigenvalue weighted by molar-refractivity contribution is 0.160. The number of phenolic OH excluding ortho intramolecular Hbond substituents is 1. The minimum atomic E-state index is 0.0258. The first-order valence-corrected chi connectivity index (χ1v) is 11.9. The maximum atomic E-state index is 10.8. The largest absolute Gasteiger partial charge is 0.507 e. The van der Waals surface area contributed by atoms with Crippen molar-refractivity contribution in [3.8, 4) is 28.3 Å². The Hall–Kier alpha value is -3.59. The molecule has 0 radical (unpaired) electrons. The predicted octanol–water partition coefficient (Wildman–Crippen LogP) is 3.94. The molecule has 9 nitrogen and oxygen atoms in total. The molecule has 4 heterocycles. The molecule has 4 aromatic rings. The number of pyridine rings is 1. The van der Waals surface area contributed by atoms with Gasteiger partial charge in [0.05, 0.1) is 23.6 Å². The summed E-state index contributed by atoms with van der Waals surface area (Å²) in [5.74, 6) is 0.687. The summed E-state index contributed by atoms with van der Waals surface area (Å²) in [6.45, 7) is 8.92. The van der Waals surface area contributed by atoms with Crippen molar-refractivity contribution in [2.24, 2.45) is 7.05 Å². The Morgan fingerprint density at radius 1 is 1.00 bits per heavy atom. The van der Waals surface area contributed by atoms with Gasteiger partial charge in [-0.1, -0.05) is 6.07 Å². The number of benzene rings is 1. The summed E-state index contributed by atoms with van der Waals surface area (Å²) >= 11 is 0. The number of nitrogens with one attached hydrogen (secondary N) is 1. The molecule has 2 N–H and O–H groups in total. The van der Waals surface area contributed by atoms with Crippen molar-refractivity contribution < 1.29 is 5.11 Å². The molecule has 35 heavy (non-hydrogen) atoms. The average molecular weight is 473 g/mol. The van der Waals surface area contributed by atoms with Crippen molar-refractivity contribution in [1.29, 1.82) is 0 Å². The fraction of sp³-hybridized carbons (Fsp3) is 0.423. The van der Waals surface area contributed by atoms with Crippen LogP contribution in [0, 0.1) is 0 Å². The molecule has 182 valence electrons. The van der Waals surface area contributed by atoms with Gasteiger partial charge in [0, 0.05) is 42.3 Å². The van der Waals surface area contributed by atoms with Gasteiger partial charge in [0.15, 0.2) is 0 Å². The number of rotatable bonds is 4. The van der Waals surface area contributed by atoms with Gasteiger partial charge in [-0.15, -0.1) is 10.2 Å². The van der Waals surface area contributed by atoms with Crippen LogP contribution in [0.5, 0.6) is 5.75 Å². The van der Waals surface area contributed by atoms with Gasteiger partial charge >= 0.3 is 0 Å². The number of phenols is 1. The van der Waals surface area contributed by atoms with Gasteiger partial charge in [-0.3, -0.25) is 4.68 Å².